The Balaban J connectivity index is 1.91. The van der Waals surface area contributed by atoms with Crippen LogP contribution in [0.2, 0.25) is 0 Å². The number of benzene rings is 1. The molecule has 0 aliphatic heterocycles. The molecule has 2 N–H and O–H groups in total. The van der Waals surface area contributed by atoms with Gasteiger partial charge in [0.25, 0.3) is 0 Å². The van der Waals surface area contributed by atoms with Crippen LogP contribution in [0.4, 0.5) is 5.69 Å². The highest BCUT2D eigenvalue weighted by Crippen LogP contribution is 2.18. The highest BCUT2D eigenvalue weighted by molar-refractivity contribution is 7.80. The van der Waals surface area contributed by atoms with Crippen LogP contribution in [0.15, 0.2) is 41.8 Å². The summed E-state index contributed by atoms with van der Waals surface area (Å²) in [4.78, 5) is 1.28. The molecule has 2 aromatic rings. The van der Waals surface area contributed by atoms with Crippen molar-refractivity contribution in [2.45, 2.75) is 19.9 Å². The first kappa shape index (κ1) is 13.1. The Hall–Kier alpha value is -1.39. The average Bonchev–Trinajstić information content (AvgIpc) is 2.85. The van der Waals surface area contributed by atoms with Gasteiger partial charge in [0.15, 0.2) is 5.11 Å². The number of hydrogen-bond donors (Lipinski definition) is 2. The molecule has 0 saturated heterocycles. The summed E-state index contributed by atoms with van der Waals surface area (Å²) in [6.07, 6.45) is 0. The van der Waals surface area contributed by atoms with Crippen LogP contribution in [0.25, 0.3) is 0 Å². The number of hydrogen-bond acceptors (Lipinski definition) is 2. The number of anilines is 1. The zero-order chi connectivity index (χ0) is 13.0. The van der Waals surface area contributed by atoms with Gasteiger partial charge in [-0.25, -0.2) is 0 Å². The van der Waals surface area contributed by atoms with Crippen LogP contribution >= 0.6 is 23.6 Å². The van der Waals surface area contributed by atoms with Gasteiger partial charge in [0.2, 0.25) is 0 Å². The van der Waals surface area contributed by atoms with E-state index < -0.39 is 0 Å². The van der Waals surface area contributed by atoms with Gasteiger partial charge in [-0.3, -0.25) is 0 Å². The number of nitrogens with one attached hydrogen (secondary N) is 2. The third-order valence-electron chi connectivity index (χ3n) is 2.63. The second-order valence-corrected chi connectivity index (χ2v) is 5.59. The third kappa shape index (κ3) is 3.55. The Morgan fingerprint density at radius 2 is 1.94 bits per heavy atom. The molecule has 1 aromatic carbocycles. The van der Waals surface area contributed by atoms with Crippen LogP contribution in [-0.2, 0) is 0 Å². The SMILES string of the molecule is Cc1ccc(NC(=S)N[C@H](C)c2cccs2)cc1. The van der Waals surface area contributed by atoms with E-state index in [0.717, 1.165) is 5.69 Å². The Bertz CT molecular complexity index is 503. The Kier molecular flexibility index (Phi) is 4.33. The monoisotopic (exact) mass is 276 g/mol. The van der Waals surface area contributed by atoms with Gasteiger partial charge in [0, 0.05) is 10.6 Å². The predicted molar refractivity (Wildman–Crippen MR) is 83.3 cm³/mol. The van der Waals surface area contributed by atoms with Crippen molar-refractivity contribution in [3.63, 3.8) is 0 Å². The summed E-state index contributed by atoms with van der Waals surface area (Å²) >= 11 is 7.03. The zero-order valence-electron chi connectivity index (χ0n) is 10.4. The van der Waals surface area contributed by atoms with E-state index in [1.165, 1.54) is 10.4 Å². The molecule has 0 aliphatic rings. The number of rotatable bonds is 3. The molecule has 1 aromatic heterocycles. The molecule has 18 heavy (non-hydrogen) atoms. The van der Waals surface area contributed by atoms with Gasteiger partial charge in [0.05, 0.1) is 6.04 Å². The van der Waals surface area contributed by atoms with Gasteiger partial charge in [0.1, 0.15) is 0 Å². The summed E-state index contributed by atoms with van der Waals surface area (Å²) in [6.45, 7) is 4.17. The Labute approximate surface area is 117 Å². The highest BCUT2D eigenvalue weighted by atomic mass is 32.1. The maximum absolute atomic E-state index is 5.30. The van der Waals surface area contributed by atoms with Gasteiger partial charge >= 0.3 is 0 Å². The fourth-order valence-electron chi connectivity index (χ4n) is 1.61. The maximum Gasteiger partial charge on any atom is 0.171 e. The molecule has 0 aliphatic carbocycles. The number of thiocarbonyl (C=S) groups is 1. The summed E-state index contributed by atoms with van der Waals surface area (Å²) in [5, 5.41) is 9.19. The minimum absolute atomic E-state index is 0.232. The van der Waals surface area contributed by atoms with Gasteiger partial charge in [-0.05, 0) is 49.6 Å². The molecule has 0 unspecified atom stereocenters. The lowest BCUT2D eigenvalue weighted by Crippen LogP contribution is -2.30. The Morgan fingerprint density at radius 1 is 1.22 bits per heavy atom. The highest BCUT2D eigenvalue weighted by Gasteiger charge is 2.07. The second kappa shape index (κ2) is 5.98. The van der Waals surface area contributed by atoms with E-state index in [0.29, 0.717) is 5.11 Å². The largest absolute Gasteiger partial charge is 0.355 e. The molecule has 2 rings (SSSR count). The van der Waals surface area contributed by atoms with Crippen molar-refractivity contribution in [2.75, 3.05) is 5.32 Å². The second-order valence-electron chi connectivity index (χ2n) is 4.20. The van der Waals surface area contributed by atoms with Crippen LogP contribution in [-0.4, -0.2) is 5.11 Å². The lowest BCUT2D eigenvalue weighted by molar-refractivity contribution is 0.737. The molecule has 2 nitrogen and oxygen atoms in total. The fraction of sp³-hybridized carbons (Fsp3) is 0.214. The maximum atomic E-state index is 5.30. The number of aryl methyl sites for hydroxylation is 1. The van der Waals surface area contributed by atoms with Crippen molar-refractivity contribution in [3.8, 4) is 0 Å². The summed E-state index contributed by atoms with van der Waals surface area (Å²) in [5.41, 5.74) is 2.25. The zero-order valence-corrected chi connectivity index (χ0v) is 12.1. The molecule has 0 amide bonds. The van der Waals surface area contributed by atoms with Gasteiger partial charge in [-0.2, -0.15) is 0 Å². The molecule has 0 spiro atoms. The molecule has 0 bridgehead atoms. The molecule has 0 saturated carbocycles. The van der Waals surface area contributed by atoms with Crippen LogP contribution in [0.1, 0.15) is 23.4 Å². The van der Waals surface area contributed by atoms with Crippen molar-refractivity contribution >= 4 is 34.4 Å². The lowest BCUT2D eigenvalue weighted by atomic mass is 10.2. The van der Waals surface area contributed by atoms with Crippen LogP contribution in [0, 0.1) is 6.92 Å². The van der Waals surface area contributed by atoms with E-state index in [-0.39, 0.29) is 6.04 Å². The third-order valence-corrected chi connectivity index (χ3v) is 3.90. The molecular weight excluding hydrogens is 260 g/mol. The average molecular weight is 276 g/mol. The normalized spacial score (nSPS) is 11.9. The molecule has 1 heterocycles. The molecule has 4 heteroatoms. The molecule has 94 valence electrons. The standard InChI is InChI=1S/C14H16N2S2/c1-10-5-7-12(8-6-10)16-14(17)15-11(2)13-4-3-9-18-13/h3-9,11H,1-2H3,(H2,15,16,17)/t11-/m1/s1. The molecule has 0 fully saturated rings. The van der Waals surface area contributed by atoms with Crippen molar-refractivity contribution in [1.29, 1.82) is 0 Å². The molecule has 1 atom stereocenters. The summed E-state index contributed by atoms with van der Waals surface area (Å²) in [5.74, 6) is 0. The van der Waals surface area contributed by atoms with Gasteiger partial charge < -0.3 is 10.6 Å². The van der Waals surface area contributed by atoms with E-state index in [2.05, 4.69) is 54.1 Å². The van der Waals surface area contributed by atoms with Crippen LogP contribution in [0.5, 0.6) is 0 Å². The molecular formula is C14H16N2S2. The van der Waals surface area contributed by atoms with Crippen molar-refractivity contribution < 1.29 is 0 Å². The first-order chi connectivity index (χ1) is 8.65. The van der Waals surface area contributed by atoms with E-state index in [1.807, 2.05) is 12.1 Å². The van der Waals surface area contributed by atoms with Crippen molar-refractivity contribution in [3.05, 3.63) is 52.2 Å². The van der Waals surface area contributed by atoms with Gasteiger partial charge in [-0.15, -0.1) is 11.3 Å². The van der Waals surface area contributed by atoms with Crippen LogP contribution < -0.4 is 10.6 Å². The quantitative estimate of drug-likeness (QED) is 0.825. The van der Waals surface area contributed by atoms with E-state index in [1.54, 1.807) is 11.3 Å². The van der Waals surface area contributed by atoms with Gasteiger partial charge in [-0.1, -0.05) is 23.8 Å². The minimum Gasteiger partial charge on any atom is -0.355 e. The smallest absolute Gasteiger partial charge is 0.171 e. The topological polar surface area (TPSA) is 24.1 Å². The Morgan fingerprint density at radius 3 is 2.56 bits per heavy atom. The van der Waals surface area contributed by atoms with Crippen molar-refractivity contribution in [2.24, 2.45) is 0 Å². The fourth-order valence-corrected chi connectivity index (χ4v) is 2.64. The minimum atomic E-state index is 0.232. The van der Waals surface area contributed by atoms with E-state index >= 15 is 0 Å². The van der Waals surface area contributed by atoms with E-state index in [9.17, 15) is 0 Å². The number of thiophene rings is 1. The summed E-state index contributed by atoms with van der Waals surface area (Å²) in [6, 6.07) is 12.6. The summed E-state index contributed by atoms with van der Waals surface area (Å²) in [7, 11) is 0. The molecule has 0 radical (unpaired) electrons. The van der Waals surface area contributed by atoms with Crippen LogP contribution in [0.3, 0.4) is 0 Å². The predicted octanol–water partition coefficient (Wildman–Crippen LogP) is 4.10. The first-order valence-corrected chi connectivity index (χ1v) is 7.11. The summed E-state index contributed by atoms with van der Waals surface area (Å²) < 4.78 is 0. The van der Waals surface area contributed by atoms with Crippen molar-refractivity contribution in [1.82, 2.24) is 5.32 Å². The lowest BCUT2D eigenvalue weighted by Gasteiger charge is -2.15. The first-order valence-electron chi connectivity index (χ1n) is 5.83. The van der Waals surface area contributed by atoms with E-state index in [4.69, 9.17) is 12.2 Å².